The molecule has 1 amide bonds. The molecule has 15 heavy (non-hydrogen) atoms. The maximum atomic E-state index is 11.3. The lowest BCUT2D eigenvalue weighted by Gasteiger charge is -2.02. The fourth-order valence-electron chi connectivity index (χ4n) is 0.948. The third-order valence-corrected chi connectivity index (χ3v) is 2.70. The molecule has 0 aliphatic heterocycles. The molecule has 1 aromatic rings. The molecule has 0 saturated carbocycles. The smallest absolute Gasteiger partial charge is 0.230 e. The molecule has 1 heterocycles. The molecule has 0 saturated heterocycles. The predicted molar refractivity (Wildman–Crippen MR) is 62.8 cm³/mol. The molecule has 0 spiro atoms. The number of carbonyl (C=O) groups is 1. The molecule has 1 aromatic heterocycles. The highest BCUT2D eigenvalue weighted by Gasteiger charge is 2.00. The number of rotatable bonds is 6. The van der Waals surface area contributed by atoms with E-state index in [0.717, 1.165) is 11.3 Å². The molecule has 1 N–H and O–H groups in total. The first-order chi connectivity index (χ1) is 7.33. The van der Waals surface area contributed by atoms with Crippen molar-refractivity contribution < 1.29 is 4.79 Å². The minimum Gasteiger partial charge on any atom is -0.355 e. The van der Waals surface area contributed by atoms with Crippen molar-refractivity contribution in [2.75, 3.05) is 12.3 Å². The minimum atomic E-state index is 0.0543. The van der Waals surface area contributed by atoms with E-state index in [1.54, 1.807) is 18.5 Å². The van der Waals surface area contributed by atoms with Gasteiger partial charge in [-0.2, -0.15) is 0 Å². The van der Waals surface area contributed by atoms with Crippen molar-refractivity contribution in [3.8, 4) is 0 Å². The van der Waals surface area contributed by atoms with Crippen LogP contribution in [0.2, 0.25) is 0 Å². The maximum absolute atomic E-state index is 11.3. The first-order valence-electron chi connectivity index (χ1n) is 4.73. The van der Waals surface area contributed by atoms with Gasteiger partial charge >= 0.3 is 0 Å². The predicted octanol–water partition coefficient (Wildman–Crippen LogP) is 1.87. The Balaban J connectivity index is 2.20. The first kappa shape index (κ1) is 11.8. The van der Waals surface area contributed by atoms with E-state index in [1.807, 2.05) is 12.1 Å². The Morgan fingerprint density at radius 2 is 2.27 bits per heavy atom. The average Bonchev–Trinajstić information content (AvgIpc) is 2.28. The SMILES string of the molecule is C=CCCNC(=O)CSc1ccncc1. The number of thioether (sulfide) groups is 1. The summed E-state index contributed by atoms with van der Waals surface area (Å²) in [4.78, 5) is 16.3. The normalized spacial score (nSPS) is 9.60. The van der Waals surface area contributed by atoms with Crippen molar-refractivity contribution >= 4 is 17.7 Å². The van der Waals surface area contributed by atoms with Crippen LogP contribution in [-0.4, -0.2) is 23.2 Å². The molecule has 0 aliphatic rings. The molecule has 0 radical (unpaired) electrons. The van der Waals surface area contributed by atoms with E-state index >= 15 is 0 Å². The number of pyridine rings is 1. The first-order valence-corrected chi connectivity index (χ1v) is 5.72. The van der Waals surface area contributed by atoms with Crippen molar-refractivity contribution in [1.29, 1.82) is 0 Å². The summed E-state index contributed by atoms with van der Waals surface area (Å²) < 4.78 is 0. The van der Waals surface area contributed by atoms with Crippen LogP contribution in [0, 0.1) is 0 Å². The van der Waals surface area contributed by atoms with Crippen molar-refractivity contribution in [3.63, 3.8) is 0 Å². The Kier molecular flexibility index (Phi) is 5.55. The Labute approximate surface area is 94.0 Å². The molecule has 4 heteroatoms. The van der Waals surface area contributed by atoms with Crippen LogP contribution >= 0.6 is 11.8 Å². The van der Waals surface area contributed by atoms with Gasteiger partial charge in [0.2, 0.25) is 5.91 Å². The van der Waals surface area contributed by atoms with E-state index in [-0.39, 0.29) is 5.91 Å². The third kappa shape index (κ3) is 5.22. The Morgan fingerprint density at radius 3 is 2.93 bits per heavy atom. The van der Waals surface area contributed by atoms with Gasteiger partial charge < -0.3 is 5.32 Å². The Bertz CT molecular complexity index is 314. The summed E-state index contributed by atoms with van der Waals surface area (Å²) in [5, 5.41) is 2.81. The summed E-state index contributed by atoms with van der Waals surface area (Å²) in [6, 6.07) is 3.78. The second-order valence-corrected chi connectivity index (χ2v) is 3.95. The molecular weight excluding hydrogens is 208 g/mol. The highest BCUT2D eigenvalue weighted by Crippen LogP contribution is 2.15. The van der Waals surface area contributed by atoms with Crippen molar-refractivity contribution in [2.45, 2.75) is 11.3 Å². The summed E-state index contributed by atoms with van der Waals surface area (Å²) in [5.41, 5.74) is 0. The van der Waals surface area contributed by atoms with Gasteiger partial charge in [-0.3, -0.25) is 9.78 Å². The second kappa shape index (κ2) is 7.06. The van der Waals surface area contributed by atoms with Crippen LogP contribution < -0.4 is 5.32 Å². The quantitative estimate of drug-likeness (QED) is 0.454. The van der Waals surface area contributed by atoms with E-state index in [0.29, 0.717) is 12.3 Å². The van der Waals surface area contributed by atoms with Gasteiger partial charge in [-0.05, 0) is 18.6 Å². The number of hydrogen-bond acceptors (Lipinski definition) is 3. The minimum absolute atomic E-state index is 0.0543. The standard InChI is InChI=1S/C11H14N2OS/c1-2-3-6-13-11(14)9-15-10-4-7-12-8-5-10/h2,4-5,7-8H,1,3,6,9H2,(H,13,14). The fraction of sp³-hybridized carbons (Fsp3) is 0.273. The van der Waals surface area contributed by atoms with Crippen molar-refractivity contribution in [3.05, 3.63) is 37.2 Å². The number of amides is 1. The summed E-state index contributed by atoms with van der Waals surface area (Å²) in [5.74, 6) is 0.500. The van der Waals surface area contributed by atoms with Gasteiger partial charge in [0.05, 0.1) is 5.75 Å². The van der Waals surface area contributed by atoms with Crippen LogP contribution in [0.15, 0.2) is 42.1 Å². The number of carbonyl (C=O) groups excluding carboxylic acids is 1. The number of aromatic nitrogens is 1. The van der Waals surface area contributed by atoms with E-state index < -0.39 is 0 Å². The van der Waals surface area contributed by atoms with E-state index in [2.05, 4.69) is 16.9 Å². The summed E-state index contributed by atoms with van der Waals surface area (Å²) in [7, 11) is 0. The summed E-state index contributed by atoms with van der Waals surface area (Å²) in [6.45, 7) is 4.25. The van der Waals surface area contributed by atoms with Crippen LogP contribution in [0.3, 0.4) is 0 Å². The monoisotopic (exact) mass is 222 g/mol. The van der Waals surface area contributed by atoms with Crippen LogP contribution in [0.4, 0.5) is 0 Å². The van der Waals surface area contributed by atoms with E-state index in [1.165, 1.54) is 11.8 Å². The van der Waals surface area contributed by atoms with Crippen molar-refractivity contribution in [2.24, 2.45) is 0 Å². The number of nitrogens with zero attached hydrogens (tertiary/aromatic N) is 1. The Morgan fingerprint density at radius 1 is 1.53 bits per heavy atom. The van der Waals surface area contributed by atoms with Crippen molar-refractivity contribution in [1.82, 2.24) is 10.3 Å². The molecule has 0 unspecified atom stereocenters. The zero-order chi connectivity index (χ0) is 10.9. The lowest BCUT2D eigenvalue weighted by Crippen LogP contribution is -2.25. The third-order valence-electron chi connectivity index (χ3n) is 1.69. The maximum Gasteiger partial charge on any atom is 0.230 e. The van der Waals surface area contributed by atoms with E-state index in [9.17, 15) is 4.79 Å². The van der Waals surface area contributed by atoms with Crippen LogP contribution in [-0.2, 0) is 4.79 Å². The van der Waals surface area contributed by atoms with Gasteiger partial charge in [0, 0.05) is 23.8 Å². The van der Waals surface area contributed by atoms with Gasteiger partial charge in [-0.15, -0.1) is 18.3 Å². The highest BCUT2D eigenvalue weighted by atomic mass is 32.2. The van der Waals surface area contributed by atoms with Gasteiger partial charge in [-0.25, -0.2) is 0 Å². The zero-order valence-electron chi connectivity index (χ0n) is 8.48. The molecule has 1 rings (SSSR count). The molecule has 0 atom stereocenters. The lowest BCUT2D eigenvalue weighted by atomic mass is 10.4. The van der Waals surface area contributed by atoms with Crippen LogP contribution in [0.1, 0.15) is 6.42 Å². The van der Waals surface area contributed by atoms with E-state index in [4.69, 9.17) is 0 Å². The second-order valence-electron chi connectivity index (χ2n) is 2.90. The van der Waals surface area contributed by atoms with Crippen LogP contribution in [0.5, 0.6) is 0 Å². The van der Waals surface area contributed by atoms with Gasteiger partial charge in [0.25, 0.3) is 0 Å². The average molecular weight is 222 g/mol. The topological polar surface area (TPSA) is 42.0 Å². The van der Waals surface area contributed by atoms with Gasteiger partial charge in [0.15, 0.2) is 0 Å². The fourth-order valence-corrected chi connectivity index (χ4v) is 1.66. The molecular formula is C11H14N2OS. The molecule has 0 aromatic carbocycles. The van der Waals surface area contributed by atoms with Gasteiger partial charge in [0.1, 0.15) is 0 Å². The summed E-state index contributed by atoms with van der Waals surface area (Å²) >= 11 is 1.51. The Hall–Kier alpha value is -1.29. The molecule has 0 bridgehead atoms. The molecule has 3 nitrogen and oxygen atoms in total. The zero-order valence-corrected chi connectivity index (χ0v) is 9.30. The van der Waals surface area contributed by atoms with Gasteiger partial charge in [-0.1, -0.05) is 6.08 Å². The largest absolute Gasteiger partial charge is 0.355 e. The molecule has 80 valence electrons. The number of nitrogens with one attached hydrogen (secondary N) is 1. The number of hydrogen-bond donors (Lipinski definition) is 1. The molecule has 0 fully saturated rings. The van der Waals surface area contributed by atoms with Crippen LogP contribution in [0.25, 0.3) is 0 Å². The molecule has 0 aliphatic carbocycles. The summed E-state index contributed by atoms with van der Waals surface area (Å²) in [6.07, 6.45) is 6.04. The lowest BCUT2D eigenvalue weighted by molar-refractivity contribution is -0.118. The highest BCUT2D eigenvalue weighted by molar-refractivity contribution is 8.00.